The zero-order valence-electron chi connectivity index (χ0n) is 12.5. The van der Waals surface area contributed by atoms with E-state index in [0.717, 1.165) is 6.42 Å². The van der Waals surface area contributed by atoms with Crippen LogP contribution in [0.5, 0.6) is 0 Å². The summed E-state index contributed by atoms with van der Waals surface area (Å²) < 4.78 is 36.3. The largest absolute Gasteiger partial charge is 0.222 e. The topological polar surface area (TPSA) is 96.1 Å². The number of hydrogen-bond donors (Lipinski definition) is 0. The van der Waals surface area contributed by atoms with E-state index < -0.39 is 10.2 Å². The molecule has 21 heavy (non-hydrogen) atoms. The summed E-state index contributed by atoms with van der Waals surface area (Å²) in [5.74, 6) is 0. The Morgan fingerprint density at radius 3 is 2.14 bits per heavy atom. The first kappa shape index (κ1) is 17.8. The van der Waals surface area contributed by atoms with Crippen LogP contribution in [0.15, 0.2) is 30.3 Å². The van der Waals surface area contributed by atoms with Crippen molar-refractivity contribution in [1.82, 2.24) is 0 Å². The minimum absolute atomic E-state index is 1.12. The highest BCUT2D eigenvalue weighted by atomic mass is 35.7. The van der Waals surface area contributed by atoms with E-state index in [1.807, 2.05) is 0 Å². The molecule has 0 atom stereocenters. The van der Waals surface area contributed by atoms with Crippen molar-refractivity contribution in [2.45, 2.75) is 33.1 Å². The van der Waals surface area contributed by atoms with E-state index in [4.69, 9.17) is 18.6 Å². The van der Waals surface area contributed by atoms with Crippen LogP contribution in [0, 0.1) is 10.2 Å². The molecule has 0 N–H and O–H groups in total. The summed E-state index contributed by atoms with van der Waals surface area (Å²) in [6.07, 6.45) is 3.50. The van der Waals surface area contributed by atoms with E-state index >= 15 is 0 Å². The third kappa shape index (κ3) is 5.57. The van der Waals surface area contributed by atoms with Crippen molar-refractivity contribution >= 4 is 10.9 Å². The van der Waals surface area contributed by atoms with Crippen molar-refractivity contribution < 1.29 is 33.4 Å². The first-order chi connectivity index (χ1) is 9.77. The van der Waals surface area contributed by atoms with E-state index in [0.29, 0.717) is 0 Å². The van der Waals surface area contributed by atoms with Crippen LogP contribution in [0.2, 0.25) is 0 Å². The van der Waals surface area contributed by atoms with Gasteiger partial charge in [0.15, 0.2) is 5.69 Å². The van der Waals surface area contributed by atoms with Crippen molar-refractivity contribution in [1.29, 1.82) is 0 Å². The van der Waals surface area contributed by atoms with Gasteiger partial charge in [0.25, 0.3) is 0 Å². The number of pyridine rings is 1. The van der Waals surface area contributed by atoms with Crippen LogP contribution in [0.3, 0.4) is 0 Å². The molecule has 116 valence electrons. The molecule has 0 saturated carbocycles. The Morgan fingerprint density at radius 1 is 1.05 bits per heavy atom. The lowest BCUT2D eigenvalue weighted by molar-refractivity contribution is -2.00. The Balaban J connectivity index is 0.000000383. The van der Waals surface area contributed by atoms with Gasteiger partial charge in [-0.05, 0) is 25.0 Å². The molecule has 0 amide bonds. The third-order valence-corrected chi connectivity index (χ3v) is 3.27. The highest BCUT2D eigenvalue weighted by molar-refractivity contribution is 5.76. The highest BCUT2D eigenvalue weighted by Crippen LogP contribution is 2.16. The SMILES string of the molecule is CCCc1c(CC)cc2ccccc2[n+]1C.[O-][Cl+3]([O-])([O-])[O-]. The molecule has 1 heterocycles. The Morgan fingerprint density at radius 2 is 1.62 bits per heavy atom. The number of rotatable bonds is 3. The average Bonchev–Trinajstić information content (AvgIpc) is 2.40. The molecular formula is C15H20ClNO4. The van der Waals surface area contributed by atoms with Gasteiger partial charge in [-0.2, -0.15) is 4.57 Å². The number of fused-ring (bicyclic) bond motifs is 1. The van der Waals surface area contributed by atoms with Gasteiger partial charge in [0.2, 0.25) is 5.52 Å². The van der Waals surface area contributed by atoms with Crippen LogP contribution in [0.4, 0.5) is 0 Å². The van der Waals surface area contributed by atoms with Crippen molar-refractivity contribution in [3.8, 4) is 0 Å². The first-order valence-electron chi connectivity index (χ1n) is 6.79. The maximum Gasteiger partial charge on any atom is 0.212 e. The molecule has 1 aromatic carbocycles. The Kier molecular flexibility index (Phi) is 6.51. The molecule has 0 aliphatic rings. The minimum Gasteiger partial charge on any atom is -0.222 e. The molecule has 1 aromatic heterocycles. The van der Waals surface area contributed by atoms with Crippen molar-refractivity contribution in [3.63, 3.8) is 0 Å². The second-order valence-electron chi connectivity index (χ2n) is 4.72. The maximum atomic E-state index is 8.49. The van der Waals surface area contributed by atoms with Gasteiger partial charge in [-0.25, -0.2) is 18.6 Å². The molecule has 6 heteroatoms. The predicted molar refractivity (Wildman–Crippen MR) is 68.5 cm³/mol. The molecule has 0 spiro atoms. The number of benzene rings is 1. The first-order valence-corrected chi connectivity index (χ1v) is 8.02. The fourth-order valence-corrected chi connectivity index (χ4v) is 2.42. The Labute approximate surface area is 126 Å². The van der Waals surface area contributed by atoms with E-state index in [2.05, 4.69) is 55.8 Å². The zero-order valence-corrected chi connectivity index (χ0v) is 13.2. The molecule has 0 saturated heterocycles. The van der Waals surface area contributed by atoms with Gasteiger partial charge in [-0.3, -0.25) is 0 Å². The van der Waals surface area contributed by atoms with E-state index in [9.17, 15) is 0 Å². The van der Waals surface area contributed by atoms with Gasteiger partial charge in [0.05, 0.1) is 0 Å². The van der Waals surface area contributed by atoms with Gasteiger partial charge in [0.1, 0.15) is 7.05 Å². The van der Waals surface area contributed by atoms with Gasteiger partial charge in [-0.15, -0.1) is 10.2 Å². The fraction of sp³-hybridized carbons (Fsp3) is 0.400. The van der Waals surface area contributed by atoms with Gasteiger partial charge < -0.3 is 0 Å². The predicted octanol–water partition coefficient (Wildman–Crippen LogP) is -1.58. The molecular weight excluding hydrogens is 294 g/mol. The smallest absolute Gasteiger partial charge is 0.212 e. The summed E-state index contributed by atoms with van der Waals surface area (Å²) >= 11 is 0. The summed E-state index contributed by atoms with van der Waals surface area (Å²) in [7, 11) is -2.76. The number of nitrogens with zero attached hydrogens (tertiary/aromatic N) is 1. The van der Waals surface area contributed by atoms with Gasteiger partial charge >= 0.3 is 0 Å². The zero-order chi connectivity index (χ0) is 16.0. The molecule has 0 aliphatic carbocycles. The second-order valence-corrected chi connectivity index (χ2v) is 5.47. The number of aromatic nitrogens is 1. The van der Waals surface area contributed by atoms with Crippen LogP contribution >= 0.6 is 0 Å². The van der Waals surface area contributed by atoms with Crippen molar-refractivity contribution in [2.75, 3.05) is 0 Å². The monoisotopic (exact) mass is 313 g/mol. The maximum absolute atomic E-state index is 8.49. The van der Waals surface area contributed by atoms with Crippen LogP contribution in [0.25, 0.3) is 10.9 Å². The van der Waals surface area contributed by atoms with E-state index in [1.165, 1.54) is 35.0 Å². The summed E-state index contributed by atoms with van der Waals surface area (Å²) in [5, 5.41) is 1.35. The Hall–Kier alpha value is -1.24. The number of halogens is 1. The summed E-state index contributed by atoms with van der Waals surface area (Å²) in [6.45, 7) is 4.48. The lowest BCUT2D eigenvalue weighted by atomic mass is 10.0. The molecule has 5 nitrogen and oxygen atoms in total. The van der Waals surface area contributed by atoms with E-state index in [-0.39, 0.29) is 0 Å². The summed E-state index contributed by atoms with van der Waals surface area (Å²) in [5.41, 5.74) is 4.31. The highest BCUT2D eigenvalue weighted by Gasteiger charge is 2.15. The van der Waals surface area contributed by atoms with Gasteiger partial charge in [-0.1, -0.05) is 26.0 Å². The Bertz CT molecular complexity index is 590. The molecule has 0 aliphatic heterocycles. The molecule has 0 bridgehead atoms. The number of aryl methyl sites for hydroxylation is 2. The molecule has 2 aromatic rings. The summed E-state index contributed by atoms with van der Waals surface area (Å²) in [6, 6.07) is 11.0. The van der Waals surface area contributed by atoms with Crippen molar-refractivity contribution in [3.05, 3.63) is 41.6 Å². The minimum atomic E-state index is -4.94. The molecule has 2 rings (SSSR count). The second kappa shape index (κ2) is 7.68. The van der Waals surface area contributed by atoms with Crippen LogP contribution < -0.4 is 23.2 Å². The van der Waals surface area contributed by atoms with Crippen LogP contribution in [-0.2, 0) is 19.9 Å². The molecule has 0 fully saturated rings. The molecule has 0 radical (unpaired) electrons. The number of hydrogen-bond acceptors (Lipinski definition) is 4. The summed E-state index contributed by atoms with van der Waals surface area (Å²) in [4.78, 5) is 0. The van der Waals surface area contributed by atoms with E-state index in [1.54, 1.807) is 0 Å². The van der Waals surface area contributed by atoms with Crippen LogP contribution in [-0.4, -0.2) is 0 Å². The lowest BCUT2D eigenvalue weighted by Gasteiger charge is -2.17. The normalized spacial score (nSPS) is 11.2. The standard InChI is InChI=1S/C15H20N.ClHO4/c1-4-8-14-12(5-2)11-13-9-6-7-10-15(13)16(14)3;2-1(3,4)5/h6-7,9-11H,4-5,8H2,1-3H3;(H,2,3,4,5)/q+1;/p-1. The number of para-hydroxylation sites is 1. The van der Waals surface area contributed by atoms with Crippen LogP contribution in [0.1, 0.15) is 31.5 Å². The fourth-order valence-electron chi connectivity index (χ4n) is 2.42. The average molecular weight is 314 g/mol. The third-order valence-electron chi connectivity index (χ3n) is 3.27. The quantitative estimate of drug-likeness (QED) is 0.639. The lowest BCUT2D eigenvalue weighted by Crippen LogP contribution is -2.68. The molecule has 0 unspecified atom stereocenters. The van der Waals surface area contributed by atoms with Gasteiger partial charge in [0, 0.05) is 23.4 Å². The van der Waals surface area contributed by atoms with Crippen molar-refractivity contribution in [2.24, 2.45) is 7.05 Å².